The third-order valence-corrected chi connectivity index (χ3v) is 1.95. The Morgan fingerprint density at radius 3 is 1.55 bits per heavy atom. The molecule has 0 aromatic heterocycles. The lowest BCUT2D eigenvalue weighted by molar-refractivity contribution is -0.664. The topological polar surface area (TPSA) is 97.5 Å². The first-order valence-corrected chi connectivity index (χ1v) is 3.67. The summed E-state index contributed by atoms with van der Waals surface area (Å²) in [5.74, 6) is 0. The molecule has 1 aliphatic heterocycles. The molecule has 0 unspecified atom stereocenters. The van der Waals surface area contributed by atoms with E-state index in [0.29, 0.717) is 13.1 Å². The fourth-order valence-corrected chi connectivity index (χ4v) is 1.17. The van der Waals surface area contributed by atoms with E-state index in [1.165, 1.54) is 0 Å². The molecule has 1 aliphatic rings. The second-order valence-electron chi connectivity index (χ2n) is 2.88. The zero-order valence-electron chi connectivity index (χ0n) is 6.09. The Kier molecular flexibility index (Phi) is 2.80. The zero-order chi connectivity index (χ0) is 8.43. The van der Waals surface area contributed by atoms with Gasteiger partial charge in [-0.2, -0.15) is 0 Å². The summed E-state index contributed by atoms with van der Waals surface area (Å²) in [4.78, 5) is 0. The molecule has 0 amide bonds. The van der Waals surface area contributed by atoms with Gasteiger partial charge in [0, 0.05) is 0 Å². The Morgan fingerprint density at radius 2 is 1.18 bits per heavy atom. The van der Waals surface area contributed by atoms with E-state index in [4.69, 9.17) is 20.4 Å². The minimum atomic E-state index is -1.23. The van der Waals surface area contributed by atoms with Gasteiger partial charge in [-0.1, -0.05) is 0 Å². The molecule has 0 saturated carbocycles. The van der Waals surface area contributed by atoms with Crippen LogP contribution >= 0.6 is 0 Å². The Bertz CT molecular complexity index is 118. The summed E-state index contributed by atoms with van der Waals surface area (Å²) in [5.41, 5.74) is 0. The van der Waals surface area contributed by atoms with Crippen molar-refractivity contribution in [1.82, 2.24) is 0 Å². The van der Waals surface area contributed by atoms with Gasteiger partial charge in [-0.25, -0.2) is 0 Å². The van der Waals surface area contributed by atoms with Gasteiger partial charge in [-0.15, -0.1) is 0 Å². The number of aliphatic hydroxyl groups is 4. The van der Waals surface area contributed by atoms with Crippen LogP contribution in [-0.2, 0) is 0 Å². The molecular weight excluding hydrogens is 150 g/mol. The van der Waals surface area contributed by atoms with E-state index in [9.17, 15) is 0 Å². The molecule has 1 saturated heterocycles. The van der Waals surface area contributed by atoms with E-state index in [1.807, 2.05) is 0 Å². The minimum Gasteiger partial charge on any atom is -0.387 e. The molecule has 0 spiro atoms. The van der Waals surface area contributed by atoms with E-state index in [-0.39, 0.29) is 0 Å². The molecule has 5 heteroatoms. The van der Waals surface area contributed by atoms with Crippen LogP contribution in [0.1, 0.15) is 0 Å². The summed E-state index contributed by atoms with van der Waals surface area (Å²) < 4.78 is 0. The molecule has 5 nitrogen and oxygen atoms in total. The molecule has 1 rings (SSSR count). The van der Waals surface area contributed by atoms with E-state index in [2.05, 4.69) is 0 Å². The van der Waals surface area contributed by atoms with Gasteiger partial charge in [0.2, 0.25) is 0 Å². The first kappa shape index (κ1) is 8.89. The predicted octanol–water partition coefficient (Wildman–Crippen LogP) is -3.99. The van der Waals surface area contributed by atoms with Crippen molar-refractivity contribution in [3.8, 4) is 0 Å². The highest BCUT2D eigenvalue weighted by atomic mass is 16.4. The Balaban J connectivity index is 2.58. The lowest BCUT2D eigenvalue weighted by Crippen LogP contribution is -2.87. The average Bonchev–Trinajstić information content (AvgIpc) is 2.07. The fourth-order valence-electron chi connectivity index (χ4n) is 1.17. The third kappa shape index (κ3) is 1.88. The highest BCUT2D eigenvalue weighted by Crippen LogP contribution is 2.04. The summed E-state index contributed by atoms with van der Waals surface area (Å²) in [7, 11) is 0. The molecule has 0 radical (unpaired) electrons. The standard InChI is InChI=1S/C6H13NO4/c8-3-1-7-2-4(9)6(11)5(3)10/h3-11H,1-2H2/p+1/t3-,4-,5+,6+/m0/s1. The molecule has 0 bridgehead atoms. The fraction of sp³-hybridized carbons (Fsp3) is 1.00. The van der Waals surface area contributed by atoms with Crippen molar-refractivity contribution in [1.29, 1.82) is 0 Å². The maximum absolute atomic E-state index is 9.12. The lowest BCUT2D eigenvalue weighted by atomic mass is 10.1. The second-order valence-corrected chi connectivity index (χ2v) is 2.88. The van der Waals surface area contributed by atoms with Crippen LogP contribution in [0.4, 0.5) is 0 Å². The van der Waals surface area contributed by atoms with E-state index < -0.39 is 24.4 Å². The van der Waals surface area contributed by atoms with Crippen LogP contribution in [-0.4, -0.2) is 57.9 Å². The van der Waals surface area contributed by atoms with Gasteiger partial charge in [-0.05, 0) is 0 Å². The maximum Gasteiger partial charge on any atom is 0.131 e. The van der Waals surface area contributed by atoms with Gasteiger partial charge < -0.3 is 25.7 Å². The summed E-state index contributed by atoms with van der Waals surface area (Å²) in [6, 6.07) is 0. The molecule has 0 aromatic rings. The van der Waals surface area contributed by atoms with Crippen LogP contribution < -0.4 is 5.32 Å². The first-order chi connectivity index (χ1) is 5.13. The van der Waals surface area contributed by atoms with Gasteiger partial charge in [0.25, 0.3) is 0 Å². The monoisotopic (exact) mass is 164 g/mol. The highest BCUT2D eigenvalue weighted by Gasteiger charge is 2.34. The van der Waals surface area contributed by atoms with Gasteiger partial charge >= 0.3 is 0 Å². The average molecular weight is 164 g/mol. The maximum atomic E-state index is 9.12. The number of quaternary nitrogens is 1. The van der Waals surface area contributed by atoms with Crippen LogP contribution in [0.3, 0.4) is 0 Å². The largest absolute Gasteiger partial charge is 0.387 e. The van der Waals surface area contributed by atoms with E-state index in [1.54, 1.807) is 5.32 Å². The molecule has 11 heavy (non-hydrogen) atoms. The van der Waals surface area contributed by atoms with Crippen molar-refractivity contribution < 1.29 is 25.7 Å². The van der Waals surface area contributed by atoms with Crippen LogP contribution in [0.15, 0.2) is 0 Å². The highest BCUT2D eigenvalue weighted by molar-refractivity contribution is 4.81. The number of aliphatic hydroxyl groups excluding tert-OH is 4. The van der Waals surface area contributed by atoms with Crippen LogP contribution in [0.25, 0.3) is 0 Å². The van der Waals surface area contributed by atoms with Crippen molar-refractivity contribution in [2.24, 2.45) is 0 Å². The summed E-state index contributed by atoms with van der Waals surface area (Å²) in [6.07, 6.45) is -4.38. The number of hydrogen-bond acceptors (Lipinski definition) is 4. The number of rotatable bonds is 0. The quantitative estimate of drug-likeness (QED) is 0.252. The normalized spacial score (nSPS) is 46.9. The van der Waals surface area contributed by atoms with Crippen molar-refractivity contribution >= 4 is 0 Å². The molecule has 0 aromatic carbocycles. The van der Waals surface area contributed by atoms with Crippen molar-refractivity contribution in [3.05, 3.63) is 0 Å². The van der Waals surface area contributed by atoms with Gasteiger partial charge in [-0.3, -0.25) is 0 Å². The van der Waals surface area contributed by atoms with Crippen LogP contribution in [0.5, 0.6) is 0 Å². The Labute approximate surface area is 64.3 Å². The summed E-state index contributed by atoms with van der Waals surface area (Å²) in [5, 5.41) is 38.1. The summed E-state index contributed by atoms with van der Waals surface area (Å²) in [6.45, 7) is 0.630. The Morgan fingerprint density at radius 1 is 0.818 bits per heavy atom. The molecule has 1 heterocycles. The molecule has 66 valence electrons. The third-order valence-electron chi connectivity index (χ3n) is 1.95. The second kappa shape index (κ2) is 3.46. The molecule has 0 aliphatic carbocycles. The van der Waals surface area contributed by atoms with Crippen molar-refractivity contribution in [2.75, 3.05) is 13.1 Å². The van der Waals surface area contributed by atoms with Gasteiger partial charge in [0.15, 0.2) is 0 Å². The van der Waals surface area contributed by atoms with Gasteiger partial charge in [0.1, 0.15) is 37.5 Å². The summed E-state index contributed by atoms with van der Waals surface area (Å²) >= 11 is 0. The predicted molar refractivity (Wildman–Crippen MR) is 35.7 cm³/mol. The SMILES string of the molecule is O[C@H]1[C@H](O)[C@@H](O)C[NH2+]C[C@@H]1O. The van der Waals surface area contributed by atoms with E-state index in [0.717, 1.165) is 0 Å². The lowest BCUT2D eigenvalue weighted by Gasteiger charge is -2.19. The zero-order valence-corrected chi connectivity index (χ0v) is 6.09. The molecule has 6 N–H and O–H groups in total. The smallest absolute Gasteiger partial charge is 0.131 e. The minimum absolute atomic E-state index is 0.315. The molecule has 4 atom stereocenters. The first-order valence-electron chi connectivity index (χ1n) is 3.67. The molecule has 1 fully saturated rings. The van der Waals surface area contributed by atoms with Crippen molar-refractivity contribution in [2.45, 2.75) is 24.4 Å². The number of hydrogen-bond donors (Lipinski definition) is 5. The van der Waals surface area contributed by atoms with Crippen LogP contribution in [0.2, 0.25) is 0 Å². The van der Waals surface area contributed by atoms with E-state index >= 15 is 0 Å². The number of nitrogens with two attached hydrogens (primary N) is 1. The van der Waals surface area contributed by atoms with Crippen molar-refractivity contribution in [3.63, 3.8) is 0 Å². The Hall–Kier alpha value is -0.200. The molecular formula is C6H14NO4+. The van der Waals surface area contributed by atoms with Crippen LogP contribution in [0, 0.1) is 0 Å². The van der Waals surface area contributed by atoms with Gasteiger partial charge in [0.05, 0.1) is 0 Å².